The van der Waals surface area contributed by atoms with Gasteiger partial charge in [0.25, 0.3) is 0 Å². The number of nitrogens with zero attached hydrogens (tertiary/aromatic N) is 1. The van der Waals surface area contributed by atoms with Crippen molar-refractivity contribution in [2.45, 2.75) is 26.0 Å². The lowest BCUT2D eigenvalue weighted by Gasteiger charge is -2.06. The second-order valence-corrected chi connectivity index (χ2v) is 4.01. The summed E-state index contributed by atoms with van der Waals surface area (Å²) in [7, 11) is 0. The van der Waals surface area contributed by atoms with Crippen LogP contribution in [0.1, 0.15) is 20.8 Å². The van der Waals surface area contributed by atoms with Crippen molar-refractivity contribution < 1.29 is 4.79 Å². The first-order chi connectivity index (χ1) is 4.61. The number of hydrogen-bond donors (Lipinski definition) is 0. The van der Waals surface area contributed by atoms with Crippen molar-refractivity contribution in [1.82, 2.24) is 0 Å². The fraction of sp³-hybridized carbons (Fsp3) is 0.714. The fourth-order valence-corrected chi connectivity index (χ4v) is 1.94. The molecule has 0 spiro atoms. The van der Waals surface area contributed by atoms with Gasteiger partial charge < -0.3 is 0 Å². The molecule has 0 saturated heterocycles. The van der Waals surface area contributed by atoms with Crippen LogP contribution in [-0.2, 0) is 0 Å². The van der Waals surface area contributed by atoms with E-state index in [-0.39, 0.29) is 5.24 Å². The van der Waals surface area contributed by atoms with Gasteiger partial charge in [0, 0.05) is 5.71 Å². The third-order valence-corrected chi connectivity index (χ3v) is 2.39. The lowest BCUT2D eigenvalue weighted by molar-refractivity contribution is 0.268. The lowest BCUT2D eigenvalue weighted by Crippen LogP contribution is -2.15. The number of thioether (sulfide) groups is 1. The van der Waals surface area contributed by atoms with Crippen molar-refractivity contribution in [3.63, 3.8) is 0 Å². The van der Waals surface area contributed by atoms with Crippen LogP contribution in [0.5, 0.6) is 0 Å². The average Bonchev–Trinajstić information content (AvgIpc) is 2.10. The maximum absolute atomic E-state index is 10.7. The Morgan fingerprint density at radius 2 is 2.20 bits per heavy atom. The van der Waals surface area contributed by atoms with Crippen molar-refractivity contribution in [2.24, 2.45) is 10.9 Å². The molecular formula is C7H11NOS. The van der Waals surface area contributed by atoms with Crippen LogP contribution in [0, 0.1) is 5.92 Å². The number of carbonyl (C=O) groups excluding carboxylic acids is 1. The van der Waals surface area contributed by atoms with Crippen molar-refractivity contribution in [3.8, 4) is 0 Å². The first-order valence-corrected chi connectivity index (χ1v) is 4.28. The molecule has 0 aromatic heterocycles. The van der Waals surface area contributed by atoms with E-state index in [1.807, 2.05) is 6.92 Å². The Morgan fingerprint density at radius 3 is 2.40 bits per heavy atom. The molecule has 0 aliphatic carbocycles. The second kappa shape index (κ2) is 2.74. The van der Waals surface area contributed by atoms with Gasteiger partial charge in [-0.1, -0.05) is 25.6 Å². The summed E-state index contributed by atoms with van der Waals surface area (Å²) in [6.07, 6.45) is 0. The van der Waals surface area contributed by atoms with Crippen molar-refractivity contribution in [1.29, 1.82) is 0 Å². The highest BCUT2D eigenvalue weighted by atomic mass is 32.2. The van der Waals surface area contributed by atoms with Crippen LogP contribution >= 0.6 is 11.8 Å². The predicted molar refractivity (Wildman–Crippen MR) is 44.7 cm³/mol. The number of amides is 1. The first kappa shape index (κ1) is 7.79. The Balaban J connectivity index is 2.75. The third-order valence-electron chi connectivity index (χ3n) is 1.51. The van der Waals surface area contributed by atoms with Gasteiger partial charge in [0.05, 0.1) is 5.25 Å². The first-order valence-electron chi connectivity index (χ1n) is 3.40. The van der Waals surface area contributed by atoms with Crippen molar-refractivity contribution in [2.75, 3.05) is 0 Å². The van der Waals surface area contributed by atoms with Crippen LogP contribution < -0.4 is 0 Å². The molecule has 0 saturated carbocycles. The van der Waals surface area contributed by atoms with Crippen LogP contribution in [0.2, 0.25) is 0 Å². The molecule has 0 fully saturated rings. The number of hydrogen-bond acceptors (Lipinski definition) is 2. The van der Waals surface area contributed by atoms with E-state index in [1.165, 1.54) is 11.8 Å². The Labute approximate surface area is 65.1 Å². The molecular weight excluding hydrogens is 146 g/mol. The minimum absolute atomic E-state index is 0.0313. The number of aliphatic imine (C=N–C) groups is 1. The molecule has 1 heterocycles. The van der Waals surface area contributed by atoms with Crippen LogP contribution in [0.3, 0.4) is 0 Å². The van der Waals surface area contributed by atoms with Gasteiger partial charge in [-0.3, -0.25) is 4.79 Å². The highest BCUT2D eigenvalue weighted by Gasteiger charge is 2.25. The highest BCUT2D eigenvalue weighted by Crippen LogP contribution is 2.25. The molecule has 3 heteroatoms. The van der Waals surface area contributed by atoms with E-state index < -0.39 is 0 Å². The molecule has 0 aromatic carbocycles. The molecule has 10 heavy (non-hydrogen) atoms. The molecule has 1 rings (SSSR count). The number of rotatable bonds is 1. The van der Waals surface area contributed by atoms with Gasteiger partial charge in [-0.15, -0.1) is 0 Å². The quantitative estimate of drug-likeness (QED) is 0.584. The fourth-order valence-electron chi connectivity index (χ4n) is 1.03. The summed E-state index contributed by atoms with van der Waals surface area (Å²) < 4.78 is 0. The minimum atomic E-state index is -0.0313. The molecule has 1 amide bonds. The van der Waals surface area contributed by atoms with Gasteiger partial charge in [-0.2, -0.15) is 0 Å². The van der Waals surface area contributed by atoms with Crippen LogP contribution in [0.25, 0.3) is 0 Å². The van der Waals surface area contributed by atoms with Gasteiger partial charge >= 0.3 is 5.24 Å². The second-order valence-electron chi connectivity index (χ2n) is 2.72. The summed E-state index contributed by atoms with van der Waals surface area (Å²) in [5.41, 5.74) is 1.04. The van der Waals surface area contributed by atoms with Crippen LogP contribution in [0.15, 0.2) is 4.99 Å². The molecule has 0 N–H and O–H groups in total. The molecule has 1 aliphatic heterocycles. The van der Waals surface area contributed by atoms with E-state index in [0.717, 1.165) is 5.71 Å². The predicted octanol–water partition coefficient (Wildman–Crippen LogP) is 2.34. The Morgan fingerprint density at radius 1 is 1.60 bits per heavy atom. The molecule has 1 unspecified atom stereocenters. The normalized spacial score (nSPS) is 25.8. The summed E-state index contributed by atoms with van der Waals surface area (Å²) in [6.45, 7) is 6.15. The maximum Gasteiger partial charge on any atom is 0.305 e. The topological polar surface area (TPSA) is 29.4 Å². The van der Waals surface area contributed by atoms with Crippen LogP contribution in [-0.4, -0.2) is 16.2 Å². The molecule has 1 aliphatic rings. The summed E-state index contributed by atoms with van der Waals surface area (Å²) in [5, 5.41) is 0.267. The average molecular weight is 157 g/mol. The Hall–Kier alpha value is -0.310. The van der Waals surface area contributed by atoms with E-state index in [2.05, 4.69) is 18.8 Å². The van der Waals surface area contributed by atoms with Crippen molar-refractivity contribution >= 4 is 22.7 Å². The van der Waals surface area contributed by atoms with E-state index in [1.54, 1.807) is 0 Å². The standard InChI is InChI=1S/C7H11NOS/c1-4(2)6-5(3)10-7(9)8-6/h4-5H,1-3H3. The van der Waals surface area contributed by atoms with Crippen molar-refractivity contribution in [3.05, 3.63) is 0 Å². The monoisotopic (exact) mass is 157 g/mol. The van der Waals surface area contributed by atoms with Gasteiger partial charge in [0.1, 0.15) is 0 Å². The van der Waals surface area contributed by atoms with Gasteiger partial charge in [0.2, 0.25) is 0 Å². The zero-order chi connectivity index (χ0) is 7.72. The molecule has 0 bridgehead atoms. The Kier molecular flexibility index (Phi) is 2.14. The molecule has 2 nitrogen and oxygen atoms in total. The highest BCUT2D eigenvalue weighted by molar-refractivity contribution is 8.15. The van der Waals surface area contributed by atoms with E-state index >= 15 is 0 Å². The van der Waals surface area contributed by atoms with Crippen LogP contribution in [0.4, 0.5) is 4.79 Å². The SMILES string of the molecule is CC(C)C1=NC(=O)SC1C. The molecule has 1 atom stereocenters. The summed E-state index contributed by atoms with van der Waals surface area (Å²) in [4.78, 5) is 14.7. The van der Waals surface area contributed by atoms with E-state index in [4.69, 9.17) is 0 Å². The van der Waals surface area contributed by atoms with Gasteiger partial charge in [0.15, 0.2) is 0 Å². The van der Waals surface area contributed by atoms with Gasteiger partial charge in [-0.25, -0.2) is 4.99 Å². The maximum atomic E-state index is 10.7. The minimum Gasteiger partial charge on any atom is -0.259 e. The zero-order valence-corrected chi connectivity index (χ0v) is 7.23. The van der Waals surface area contributed by atoms with E-state index in [0.29, 0.717) is 11.2 Å². The van der Waals surface area contributed by atoms with Gasteiger partial charge in [-0.05, 0) is 12.8 Å². The largest absolute Gasteiger partial charge is 0.305 e. The summed E-state index contributed by atoms with van der Waals surface area (Å²) >= 11 is 1.31. The number of carbonyl (C=O) groups is 1. The summed E-state index contributed by atoms with van der Waals surface area (Å²) in [6, 6.07) is 0. The smallest absolute Gasteiger partial charge is 0.259 e. The lowest BCUT2D eigenvalue weighted by atomic mass is 10.1. The Bertz CT molecular complexity index is 186. The molecule has 56 valence electrons. The molecule has 0 aromatic rings. The third kappa shape index (κ3) is 1.40. The summed E-state index contributed by atoms with van der Waals surface area (Å²) in [5.74, 6) is 0.411. The van der Waals surface area contributed by atoms with E-state index in [9.17, 15) is 4.79 Å². The molecule has 0 radical (unpaired) electrons. The zero-order valence-electron chi connectivity index (χ0n) is 6.42.